The Morgan fingerprint density at radius 1 is 1.00 bits per heavy atom. The lowest BCUT2D eigenvalue weighted by molar-refractivity contribution is -0.149. The van der Waals surface area contributed by atoms with Crippen molar-refractivity contribution >= 4 is 40.0 Å². The fourth-order valence-electron chi connectivity index (χ4n) is 6.68. The number of rotatable bonds is 10. The monoisotopic (exact) mass is 732 g/mol. The zero-order chi connectivity index (χ0) is 37.3. The third-order valence-corrected chi connectivity index (χ3v) is 9.99. The average molecular weight is 733 g/mol. The van der Waals surface area contributed by atoms with Crippen molar-refractivity contribution in [3.63, 3.8) is 0 Å². The second kappa shape index (κ2) is 15.2. The van der Waals surface area contributed by atoms with Gasteiger partial charge in [-0.3, -0.25) is 23.6 Å². The quantitative estimate of drug-likeness (QED) is 0.155. The van der Waals surface area contributed by atoms with Crippen LogP contribution in [0.2, 0.25) is 5.02 Å². The normalized spacial score (nSPS) is 13.9. The maximum absolute atomic E-state index is 13.9. The van der Waals surface area contributed by atoms with Crippen LogP contribution < -0.4 is 21.3 Å². The molecule has 11 nitrogen and oxygen atoms in total. The summed E-state index contributed by atoms with van der Waals surface area (Å²) in [6, 6.07) is 16.0. The Morgan fingerprint density at radius 2 is 1.69 bits per heavy atom. The van der Waals surface area contributed by atoms with Crippen LogP contribution >= 0.6 is 11.6 Å². The summed E-state index contributed by atoms with van der Waals surface area (Å²) in [6.45, 7) is 6.18. The fraction of sp³-hybridized carbons (Fsp3) is 0.342. The van der Waals surface area contributed by atoms with Crippen molar-refractivity contribution in [1.29, 1.82) is 0 Å². The molecule has 2 aromatic carbocycles. The van der Waals surface area contributed by atoms with Crippen molar-refractivity contribution < 1.29 is 23.0 Å². The summed E-state index contributed by atoms with van der Waals surface area (Å²) >= 11 is 7.10. The molecule has 5 aromatic rings. The highest BCUT2D eigenvalue weighted by Crippen LogP contribution is 2.40. The van der Waals surface area contributed by atoms with Gasteiger partial charge in [0.1, 0.15) is 16.9 Å². The van der Waals surface area contributed by atoms with Crippen LogP contribution in [0.15, 0.2) is 64.2 Å². The molecule has 1 saturated heterocycles. The van der Waals surface area contributed by atoms with E-state index in [-0.39, 0.29) is 28.6 Å². The van der Waals surface area contributed by atoms with E-state index in [4.69, 9.17) is 26.1 Å². The number of hydrogen-bond acceptors (Lipinski definition) is 9. The van der Waals surface area contributed by atoms with Crippen LogP contribution in [0.4, 0.5) is 20.3 Å². The fourth-order valence-corrected chi connectivity index (χ4v) is 7.01. The molecule has 0 atom stereocenters. The van der Waals surface area contributed by atoms with E-state index in [0.717, 1.165) is 52.3 Å². The summed E-state index contributed by atoms with van der Waals surface area (Å²) in [7, 11) is 4.32. The summed E-state index contributed by atoms with van der Waals surface area (Å²) in [5.74, 6) is 0.175. The van der Waals surface area contributed by atoms with E-state index in [1.807, 2.05) is 50.2 Å². The van der Waals surface area contributed by atoms with Gasteiger partial charge in [0, 0.05) is 43.0 Å². The van der Waals surface area contributed by atoms with Crippen molar-refractivity contribution in [2.24, 2.45) is 20.0 Å². The Balaban J connectivity index is 1.31. The minimum Gasteiger partial charge on any atom is -0.481 e. The van der Waals surface area contributed by atoms with Crippen molar-refractivity contribution in [3.05, 3.63) is 97.3 Å². The molecule has 6 rings (SSSR count). The number of methoxy groups -OCH3 is 1. The van der Waals surface area contributed by atoms with E-state index in [2.05, 4.69) is 15.2 Å². The lowest BCUT2D eigenvalue weighted by Crippen LogP contribution is -2.37. The second-order valence-electron chi connectivity index (χ2n) is 12.7. The lowest BCUT2D eigenvalue weighted by Gasteiger charge is -2.31. The second-order valence-corrected chi connectivity index (χ2v) is 13.1. The number of anilines is 2. The number of nitrogens with zero attached hydrogens (tertiary/aromatic N) is 5. The number of fused-ring (bicyclic) bond motifs is 1. The minimum atomic E-state index is -2.94. The van der Waals surface area contributed by atoms with Crippen molar-refractivity contribution in [1.82, 2.24) is 24.0 Å². The molecule has 0 unspecified atom stereocenters. The number of esters is 1. The van der Waals surface area contributed by atoms with Gasteiger partial charge >= 0.3 is 11.7 Å². The summed E-state index contributed by atoms with van der Waals surface area (Å²) in [5, 5.41) is 3.54. The minimum absolute atomic E-state index is 0.00320. The molecule has 0 amide bonds. The van der Waals surface area contributed by atoms with Crippen LogP contribution in [0, 0.1) is 12.8 Å². The largest absolute Gasteiger partial charge is 0.481 e. The number of piperidine rings is 1. The first kappa shape index (κ1) is 36.6. The van der Waals surface area contributed by atoms with Gasteiger partial charge in [0.15, 0.2) is 0 Å². The molecule has 3 aromatic heterocycles. The van der Waals surface area contributed by atoms with Gasteiger partial charge in [-0.2, -0.15) is 0 Å². The molecular weight excluding hydrogens is 694 g/mol. The van der Waals surface area contributed by atoms with Crippen LogP contribution in [0.25, 0.3) is 33.3 Å². The first-order chi connectivity index (χ1) is 24.9. The molecule has 1 aliphatic rings. The molecule has 0 bridgehead atoms. The molecule has 1 N–H and O–H groups in total. The maximum atomic E-state index is 13.9. The molecule has 0 saturated carbocycles. The number of ether oxygens (including phenoxy) is 2. The Labute approximate surface area is 303 Å². The number of benzene rings is 2. The van der Waals surface area contributed by atoms with Crippen molar-refractivity contribution in [2.45, 2.75) is 39.7 Å². The number of pyridine rings is 2. The standard InChI is InChI=1S/C38H39ClF2N6O5/c1-6-52-37(49)22-15-17-47(18-16-22)20-23-13-14-28(44-35(23)51-5)26-11-7-10-25(32(26)39)24-9-8-12-27(21(24)2)42-34-31-30(19-29(43-34)33(40)41)45(3)38(50)46(4)36(31)48/h7-14,19,22,33H,6,15-18,20H2,1-5H3,(H,42,43). The lowest BCUT2D eigenvalue weighted by atomic mass is 9.96. The number of carbonyl (C=O) groups excluding carboxylic acids is 1. The number of hydrogen-bond donors (Lipinski definition) is 1. The van der Waals surface area contributed by atoms with Gasteiger partial charge in [-0.25, -0.2) is 23.5 Å². The Kier molecular flexibility index (Phi) is 10.7. The number of nitrogens with one attached hydrogen (secondary N) is 1. The molecule has 4 heterocycles. The molecule has 52 heavy (non-hydrogen) atoms. The summed E-state index contributed by atoms with van der Waals surface area (Å²) in [6.07, 6.45) is -1.46. The average Bonchev–Trinajstić information content (AvgIpc) is 3.14. The predicted octanol–water partition coefficient (Wildman–Crippen LogP) is 6.79. The van der Waals surface area contributed by atoms with Crippen molar-refractivity contribution in [2.75, 3.05) is 32.1 Å². The molecule has 272 valence electrons. The van der Waals surface area contributed by atoms with E-state index in [0.29, 0.717) is 52.1 Å². The van der Waals surface area contributed by atoms with Gasteiger partial charge in [0.05, 0.1) is 35.9 Å². The molecule has 14 heteroatoms. The van der Waals surface area contributed by atoms with Crippen LogP contribution in [0.5, 0.6) is 5.88 Å². The van der Waals surface area contributed by atoms with Crippen LogP contribution in [0.3, 0.4) is 0 Å². The smallest absolute Gasteiger partial charge is 0.330 e. The van der Waals surface area contributed by atoms with Crippen molar-refractivity contribution in [3.8, 4) is 28.3 Å². The number of alkyl halides is 2. The summed E-state index contributed by atoms with van der Waals surface area (Å²) in [4.78, 5) is 49.2. The number of likely N-dealkylation sites (tertiary alicyclic amines) is 1. The van der Waals surface area contributed by atoms with Gasteiger partial charge in [0.25, 0.3) is 12.0 Å². The van der Waals surface area contributed by atoms with Gasteiger partial charge in [-0.05, 0) is 69.1 Å². The molecule has 1 aliphatic heterocycles. The first-order valence-corrected chi connectivity index (χ1v) is 17.3. The summed E-state index contributed by atoms with van der Waals surface area (Å²) < 4.78 is 40.9. The van der Waals surface area contributed by atoms with E-state index < -0.39 is 23.4 Å². The highest BCUT2D eigenvalue weighted by molar-refractivity contribution is 6.36. The molecule has 0 radical (unpaired) electrons. The highest BCUT2D eigenvalue weighted by Gasteiger charge is 2.27. The molecule has 0 aliphatic carbocycles. The Bertz CT molecular complexity index is 2280. The van der Waals surface area contributed by atoms with E-state index in [1.165, 1.54) is 14.1 Å². The summed E-state index contributed by atoms with van der Waals surface area (Å²) in [5.41, 5.74) is 3.04. The number of carbonyl (C=O) groups is 1. The maximum Gasteiger partial charge on any atom is 0.330 e. The third-order valence-electron chi connectivity index (χ3n) is 9.58. The number of aryl methyl sites for hydroxylation is 1. The number of aromatic nitrogens is 4. The Morgan fingerprint density at radius 3 is 2.38 bits per heavy atom. The van der Waals surface area contributed by atoms with E-state index >= 15 is 0 Å². The van der Waals surface area contributed by atoms with Gasteiger partial charge in [-0.1, -0.05) is 48.0 Å². The first-order valence-electron chi connectivity index (χ1n) is 16.9. The third kappa shape index (κ3) is 7.02. The SMILES string of the molecule is CCOC(=O)C1CCN(Cc2ccc(-c3cccc(-c4cccc(Nc5nc(C(F)F)cc6c5c(=O)n(C)c(=O)n6C)c4C)c3Cl)nc2OC)CC1. The molecular formula is C38H39ClF2N6O5. The van der Waals surface area contributed by atoms with E-state index in [9.17, 15) is 23.2 Å². The highest BCUT2D eigenvalue weighted by atomic mass is 35.5. The zero-order valence-corrected chi connectivity index (χ0v) is 30.3. The van der Waals surface area contributed by atoms with E-state index in [1.54, 1.807) is 19.2 Å². The van der Waals surface area contributed by atoms with Gasteiger partial charge in [0.2, 0.25) is 5.88 Å². The Hall–Kier alpha value is -5.14. The van der Waals surface area contributed by atoms with Gasteiger partial charge in [-0.15, -0.1) is 0 Å². The van der Waals surface area contributed by atoms with Crippen LogP contribution in [-0.4, -0.2) is 56.8 Å². The number of halogens is 3. The zero-order valence-electron chi connectivity index (χ0n) is 29.5. The topological polar surface area (TPSA) is 121 Å². The molecule has 0 spiro atoms. The van der Waals surface area contributed by atoms with Crippen LogP contribution in [0.1, 0.15) is 43.0 Å². The predicted molar refractivity (Wildman–Crippen MR) is 197 cm³/mol. The molecule has 1 fully saturated rings. The van der Waals surface area contributed by atoms with Crippen LogP contribution in [-0.2, 0) is 30.2 Å². The van der Waals surface area contributed by atoms with Gasteiger partial charge < -0.3 is 14.8 Å².